The zero-order valence-corrected chi connectivity index (χ0v) is 18.9. The van der Waals surface area contributed by atoms with Gasteiger partial charge in [-0.2, -0.15) is 13.2 Å². The molecule has 0 aromatic heterocycles. The number of thioether (sulfide) groups is 1. The van der Waals surface area contributed by atoms with Gasteiger partial charge in [-0.1, -0.05) is 36.4 Å². The molecule has 1 aliphatic rings. The Morgan fingerprint density at radius 1 is 1.00 bits per heavy atom. The molecule has 0 heterocycles. The number of aryl methyl sites for hydroxylation is 1. The normalized spacial score (nSPS) is 13.1. The lowest BCUT2D eigenvalue weighted by atomic mass is 10.0. The SMILES string of the molecule is Cc1cc(SCc2ccc(-c3ccc(C(F)(F)F)cc3)cc2)c2c(c1OCC(=O)O)CCC2. The van der Waals surface area contributed by atoms with Crippen molar-refractivity contribution in [2.75, 3.05) is 6.61 Å². The van der Waals surface area contributed by atoms with E-state index in [1.165, 1.54) is 22.6 Å². The number of rotatable bonds is 7. The lowest BCUT2D eigenvalue weighted by molar-refractivity contribution is -0.139. The van der Waals surface area contributed by atoms with Crippen LogP contribution in [-0.4, -0.2) is 17.7 Å². The van der Waals surface area contributed by atoms with E-state index in [0.717, 1.165) is 65.0 Å². The molecule has 7 heteroatoms. The molecule has 0 fully saturated rings. The number of benzene rings is 3. The van der Waals surface area contributed by atoms with Crippen LogP contribution in [0.15, 0.2) is 59.5 Å². The molecule has 1 N–H and O–H groups in total. The molecular formula is C26H23F3O3S. The third-order valence-corrected chi connectivity index (χ3v) is 6.88. The Hall–Kier alpha value is -2.93. The number of hydrogen-bond acceptors (Lipinski definition) is 3. The van der Waals surface area contributed by atoms with Crippen molar-refractivity contribution in [3.8, 4) is 16.9 Å². The Labute approximate surface area is 194 Å². The molecule has 3 aromatic rings. The summed E-state index contributed by atoms with van der Waals surface area (Å²) in [4.78, 5) is 12.1. The highest BCUT2D eigenvalue weighted by atomic mass is 32.2. The number of aliphatic carboxylic acids is 1. The molecule has 3 aromatic carbocycles. The molecule has 0 amide bonds. The quantitative estimate of drug-likeness (QED) is 0.379. The van der Waals surface area contributed by atoms with Gasteiger partial charge in [0.05, 0.1) is 5.56 Å². The van der Waals surface area contributed by atoms with E-state index in [-0.39, 0.29) is 6.61 Å². The van der Waals surface area contributed by atoms with Gasteiger partial charge in [0.1, 0.15) is 5.75 Å². The van der Waals surface area contributed by atoms with Crippen LogP contribution in [0.4, 0.5) is 13.2 Å². The number of fused-ring (bicyclic) bond motifs is 1. The van der Waals surface area contributed by atoms with E-state index in [0.29, 0.717) is 5.75 Å². The van der Waals surface area contributed by atoms with E-state index < -0.39 is 17.7 Å². The Morgan fingerprint density at radius 3 is 2.21 bits per heavy atom. The van der Waals surface area contributed by atoms with Gasteiger partial charge in [0, 0.05) is 10.6 Å². The first-order valence-electron chi connectivity index (χ1n) is 10.6. The van der Waals surface area contributed by atoms with Gasteiger partial charge in [-0.25, -0.2) is 4.79 Å². The van der Waals surface area contributed by atoms with Crippen LogP contribution in [0, 0.1) is 6.92 Å². The van der Waals surface area contributed by atoms with E-state index in [1.807, 2.05) is 31.2 Å². The summed E-state index contributed by atoms with van der Waals surface area (Å²) in [6, 6.07) is 15.1. The topological polar surface area (TPSA) is 46.5 Å². The first-order valence-corrected chi connectivity index (χ1v) is 11.6. The number of carboxylic acids is 1. The summed E-state index contributed by atoms with van der Waals surface area (Å²) in [5.74, 6) is 0.476. The molecule has 0 saturated carbocycles. The van der Waals surface area contributed by atoms with Crippen LogP contribution in [-0.2, 0) is 29.6 Å². The number of halogens is 3. The van der Waals surface area contributed by atoms with Gasteiger partial charge < -0.3 is 9.84 Å². The average Bonchev–Trinajstić information content (AvgIpc) is 3.27. The minimum Gasteiger partial charge on any atom is -0.481 e. The fourth-order valence-corrected chi connectivity index (χ4v) is 5.30. The summed E-state index contributed by atoms with van der Waals surface area (Å²) in [5.41, 5.74) is 5.38. The smallest absolute Gasteiger partial charge is 0.416 e. The third-order valence-electron chi connectivity index (χ3n) is 5.73. The highest BCUT2D eigenvalue weighted by Crippen LogP contribution is 2.41. The molecule has 0 unspecified atom stereocenters. The molecular weight excluding hydrogens is 449 g/mol. The van der Waals surface area contributed by atoms with Crippen LogP contribution in [0.5, 0.6) is 5.75 Å². The van der Waals surface area contributed by atoms with E-state index in [2.05, 4.69) is 6.07 Å². The molecule has 33 heavy (non-hydrogen) atoms. The van der Waals surface area contributed by atoms with Crippen molar-refractivity contribution >= 4 is 17.7 Å². The van der Waals surface area contributed by atoms with Crippen molar-refractivity contribution in [3.63, 3.8) is 0 Å². The van der Waals surface area contributed by atoms with E-state index in [4.69, 9.17) is 9.84 Å². The first kappa shape index (κ1) is 23.2. The molecule has 172 valence electrons. The summed E-state index contributed by atoms with van der Waals surface area (Å²) >= 11 is 1.74. The Balaban J connectivity index is 1.46. The Morgan fingerprint density at radius 2 is 1.61 bits per heavy atom. The van der Waals surface area contributed by atoms with Crippen molar-refractivity contribution in [1.82, 2.24) is 0 Å². The zero-order valence-electron chi connectivity index (χ0n) is 18.0. The van der Waals surface area contributed by atoms with Crippen LogP contribution in [0.2, 0.25) is 0 Å². The van der Waals surface area contributed by atoms with Crippen LogP contribution in [0.3, 0.4) is 0 Å². The number of alkyl halides is 3. The van der Waals surface area contributed by atoms with Crippen LogP contribution in [0.25, 0.3) is 11.1 Å². The minimum atomic E-state index is -4.33. The zero-order chi connectivity index (χ0) is 23.6. The molecule has 0 radical (unpaired) electrons. The maximum Gasteiger partial charge on any atom is 0.416 e. The van der Waals surface area contributed by atoms with Crippen LogP contribution < -0.4 is 4.74 Å². The number of ether oxygens (including phenoxy) is 1. The summed E-state index contributed by atoms with van der Waals surface area (Å²) in [6.07, 6.45) is -1.47. The summed E-state index contributed by atoms with van der Waals surface area (Å²) < 4.78 is 43.9. The van der Waals surface area contributed by atoms with Gasteiger partial charge in [0.2, 0.25) is 0 Å². The second-order valence-corrected chi connectivity index (χ2v) is 9.09. The number of hydrogen-bond donors (Lipinski definition) is 1. The van der Waals surface area contributed by atoms with Gasteiger partial charge in [0.15, 0.2) is 6.61 Å². The fraction of sp³-hybridized carbons (Fsp3) is 0.269. The second kappa shape index (κ2) is 9.51. The Bertz CT molecular complexity index is 1150. The summed E-state index contributed by atoms with van der Waals surface area (Å²) in [7, 11) is 0. The lowest BCUT2D eigenvalue weighted by Crippen LogP contribution is -2.11. The largest absolute Gasteiger partial charge is 0.481 e. The predicted molar refractivity (Wildman–Crippen MR) is 123 cm³/mol. The molecule has 3 nitrogen and oxygen atoms in total. The molecule has 0 atom stereocenters. The van der Waals surface area contributed by atoms with E-state index >= 15 is 0 Å². The Kier molecular flexibility index (Phi) is 6.70. The van der Waals surface area contributed by atoms with Gasteiger partial charge in [-0.3, -0.25) is 0 Å². The highest BCUT2D eigenvalue weighted by molar-refractivity contribution is 7.98. The maximum atomic E-state index is 12.8. The number of carbonyl (C=O) groups is 1. The predicted octanol–water partition coefficient (Wildman–Crippen LogP) is 6.93. The van der Waals surface area contributed by atoms with Crippen LogP contribution >= 0.6 is 11.8 Å². The van der Waals surface area contributed by atoms with Crippen molar-refractivity contribution in [2.24, 2.45) is 0 Å². The first-order chi connectivity index (χ1) is 15.7. The summed E-state index contributed by atoms with van der Waals surface area (Å²) in [5, 5.41) is 8.94. The standard InChI is InChI=1S/C26H23F3O3S/c1-16-13-23(21-3-2-4-22(21)25(16)32-14-24(30)31)33-15-17-5-7-18(8-6-17)19-9-11-20(12-10-19)26(27,28)29/h5-13H,2-4,14-15H2,1H3,(H,30,31). The van der Waals surface area contributed by atoms with Crippen LogP contribution in [0.1, 0.15) is 34.2 Å². The average molecular weight is 473 g/mol. The second-order valence-electron chi connectivity index (χ2n) is 8.07. The molecule has 1 aliphatic carbocycles. The minimum absolute atomic E-state index is 0.342. The van der Waals surface area contributed by atoms with Gasteiger partial charge >= 0.3 is 12.1 Å². The van der Waals surface area contributed by atoms with E-state index in [1.54, 1.807) is 11.8 Å². The van der Waals surface area contributed by atoms with Gasteiger partial charge in [-0.15, -0.1) is 11.8 Å². The van der Waals surface area contributed by atoms with Crippen molar-refractivity contribution in [1.29, 1.82) is 0 Å². The third kappa shape index (κ3) is 5.36. The van der Waals surface area contributed by atoms with Gasteiger partial charge in [-0.05, 0) is 77.8 Å². The highest BCUT2D eigenvalue weighted by Gasteiger charge is 2.30. The molecule has 0 aliphatic heterocycles. The molecule has 0 bridgehead atoms. The summed E-state index contributed by atoms with van der Waals surface area (Å²) in [6.45, 7) is 1.60. The van der Waals surface area contributed by atoms with E-state index in [9.17, 15) is 18.0 Å². The molecule has 0 saturated heterocycles. The van der Waals surface area contributed by atoms with Crippen molar-refractivity contribution < 1.29 is 27.8 Å². The van der Waals surface area contributed by atoms with Crippen molar-refractivity contribution in [3.05, 3.63) is 82.4 Å². The van der Waals surface area contributed by atoms with Crippen molar-refractivity contribution in [2.45, 2.75) is 43.0 Å². The fourth-order valence-electron chi connectivity index (χ4n) is 4.12. The number of carboxylic acid groups (broad SMARTS) is 1. The molecule has 0 spiro atoms. The lowest BCUT2D eigenvalue weighted by Gasteiger charge is -2.16. The van der Waals surface area contributed by atoms with Gasteiger partial charge in [0.25, 0.3) is 0 Å². The maximum absolute atomic E-state index is 12.8. The molecule has 4 rings (SSSR count). The monoisotopic (exact) mass is 472 g/mol.